The van der Waals surface area contributed by atoms with Crippen LogP contribution in [-0.2, 0) is 5.41 Å². The van der Waals surface area contributed by atoms with E-state index in [1.54, 1.807) is 12.1 Å². The summed E-state index contributed by atoms with van der Waals surface area (Å²) in [5.41, 5.74) is 1.99. The van der Waals surface area contributed by atoms with Gasteiger partial charge in [0.25, 0.3) is 0 Å². The van der Waals surface area contributed by atoms with Crippen molar-refractivity contribution >= 4 is 17.0 Å². The van der Waals surface area contributed by atoms with Gasteiger partial charge in [-0.05, 0) is 31.5 Å². The van der Waals surface area contributed by atoms with Crippen LogP contribution in [0.3, 0.4) is 0 Å². The number of aromatic nitrogens is 2. The van der Waals surface area contributed by atoms with Gasteiger partial charge in [0.1, 0.15) is 5.82 Å². The van der Waals surface area contributed by atoms with Crippen molar-refractivity contribution in [2.24, 2.45) is 0 Å². The molecule has 0 aliphatic rings. The summed E-state index contributed by atoms with van der Waals surface area (Å²) in [6.45, 7) is 10.8. The number of carboxylic acids is 1. The highest BCUT2D eigenvalue weighted by Gasteiger charge is 2.25. The Bertz CT molecular complexity index is 665. The highest BCUT2D eigenvalue weighted by molar-refractivity contribution is 5.92. The zero-order valence-corrected chi connectivity index (χ0v) is 13.5. The lowest BCUT2D eigenvalue weighted by molar-refractivity contribution is 0.0697. The molecule has 4 nitrogen and oxygen atoms in total. The third-order valence-electron chi connectivity index (χ3n) is 3.75. The van der Waals surface area contributed by atoms with E-state index in [0.717, 1.165) is 29.7 Å². The van der Waals surface area contributed by atoms with Crippen LogP contribution < -0.4 is 0 Å². The highest BCUT2D eigenvalue weighted by atomic mass is 16.4. The van der Waals surface area contributed by atoms with Crippen LogP contribution in [0.4, 0.5) is 0 Å². The summed E-state index contributed by atoms with van der Waals surface area (Å²) in [6, 6.07) is 5.56. The molecule has 0 bridgehead atoms. The van der Waals surface area contributed by atoms with E-state index >= 15 is 0 Å². The van der Waals surface area contributed by atoms with E-state index in [2.05, 4.69) is 39.2 Å². The topological polar surface area (TPSA) is 55.1 Å². The van der Waals surface area contributed by atoms with Crippen LogP contribution in [0.15, 0.2) is 18.2 Å². The van der Waals surface area contributed by atoms with Crippen LogP contribution in [0.1, 0.15) is 69.7 Å². The number of imidazole rings is 1. The van der Waals surface area contributed by atoms with E-state index in [1.165, 1.54) is 0 Å². The minimum absolute atomic E-state index is 0.0790. The monoisotopic (exact) mass is 288 g/mol. The molecule has 1 atom stereocenters. The Morgan fingerprint density at radius 2 is 2.05 bits per heavy atom. The number of carbonyl (C=O) groups is 1. The number of aromatic carboxylic acids is 1. The summed E-state index contributed by atoms with van der Waals surface area (Å²) in [5, 5.41) is 9.14. The summed E-state index contributed by atoms with van der Waals surface area (Å²) in [6.07, 6.45) is 2.19. The van der Waals surface area contributed by atoms with Gasteiger partial charge in [-0.2, -0.15) is 0 Å². The predicted molar refractivity (Wildman–Crippen MR) is 85.0 cm³/mol. The molecule has 0 radical (unpaired) electrons. The summed E-state index contributed by atoms with van der Waals surface area (Å²) < 4.78 is 2.27. The van der Waals surface area contributed by atoms with Gasteiger partial charge >= 0.3 is 5.97 Å². The fourth-order valence-corrected chi connectivity index (χ4v) is 2.75. The number of carboxylic acid groups (broad SMARTS) is 1. The summed E-state index contributed by atoms with van der Waals surface area (Å²) in [7, 11) is 0. The van der Waals surface area contributed by atoms with Gasteiger partial charge in [-0.25, -0.2) is 9.78 Å². The number of rotatable bonds is 4. The minimum atomic E-state index is -0.912. The number of hydrogen-bond donors (Lipinski definition) is 1. The van der Waals surface area contributed by atoms with Gasteiger partial charge in [0.05, 0.1) is 16.6 Å². The number of benzene rings is 1. The smallest absolute Gasteiger partial charge is 0.335 e. The first kappa shape index (κ1) is 15.5. The van der Waals surface area contributed by atoms with E-state index in [4.69, 9.17) is 10.1 Å². The molecule has 0 spiro atoms. The molecule has 0 aliphatic carbocycles. The SMILES string of the molecule is CCCC(C)n1c(C(C)(C)C)nc2cc(C(=O)O)ccc21. The summed E-state index contributed by atoms with van der Waals surface area (Å²) in [4.78, 5) is 15.9. The van der Waals surface area contributed by atoms with E-state index in [-0.39, 0.29) is 11.0 Å². The van der Waals surface area contributed by atoms with Gasteiger partial charge in [-0.15, -0.1) is 0 Å². The van der Waals surface area contributed by atoms with Crippen molar-refractivity contribution in [2.75, 3.05) is 0 Å². The maximum absolute atomic E-state index is 11.1. The molecule has 0 saturated heterocycles. The molecule has 1 aromatic carbocycles. The average molecular weight is 288 g/mol. The van der Waals surface area contributed by atoms with Crippen LogP contribution in [0.5, 0.6) is 0 Å². The molecule has 1 aromatic heterocycles. The van der Waals surface area contributed by atoms with E-state index in [1.807, 2.05) is 6.07 Å². The Kier molecular flexibility index (Phi) is 4.08. The Morgan fingerprint density at radius 3 is 2.57 bits per heavy atom. The van der Waals surface area contributed by atoms with Gasteiger partial charge in [-0.1, -0.05) is 34.1 Å². The number of hydrogen-bond acceptors (Lipinski definition) is 2. The van der Waals surface area contributed by atoms with Crippen LogP contribution in [0.25, 0.3) is 11.0 Å². The third kappa shape index (κ3) is 2.94. The second-order valence-corrected chi connectivity index (χ2v) is 6.70. The highest BCUT2D eigenvalue weighted by Crippen LogP contribution is 2.31. The molecule has 1 heterocycles. The summed E-state index contributed by atoms with van der Waals surface area (Å²) >= 11 is 0. The first-order valence-corrected chi connectivity index (χ1v) is 7.51. The minimum Gasteiger partial charge on any atom is -0.478 e. The zero-order chi connectivity index (χ0) is 15.8. The molecule has 2 rings (SSSR count). The first-order valence-electron chi connectivity index (χ1n) is 7.51. The van der Waals surface area contributed by atoms with Crippen molar-refractivity contribution in [3.05, 3.63) is 29.6 Å². The molecule has 1 unspecified atom stereocenters. The largest absolute Gasteiger partial charge is 0.478 e. The van der Waals surface area contributed by atoms with Gasteiger partial charge in [-0.3, -0.25) is 0 Å². The maximum Gasteiger partial charge on any atom is 0.335 e. The van der Waals surface area contributed by atoms with Crippen molar-refractivity contribution in [3.63, 3.8) is 0 Å². The Hall–Kier alpha value is -1.84. The van der Waals surface area contributed by atoms with E-state index in [0.29, 0.717) is 6.04 Å². The Labute approximate surface area is 125 Å². The third-order valence-corrected chi connectivity index (χ3v) is 3.75. The van der Waals surface area contributed by atoms with Crippen molar-refractivity contribution < 1.29 is 9.90 Å². The summed E-state index contributed by atoms with van der Waals surface area (Å²) in [5.74, 6) is 0.103. The van der Waals surface area contributed by atoms with Crippen molar-refractivity contribution in [3.8, 4) is 0 Å². The lowest BCUT2D eigenvalue weighted by Gasteiger charge is -2.24. The van der Waals surface area contributed by atoms with Crippen LogP contribution in [0, 0.1) is 0 Å². The fraction of sp³-hybridized carbons (Fsp3) is 0.529. The van der Waals surface area contributed by atoms with Crippen molar-refractivity contribution in [1.82, 2.24) is 9.55 Å². The van der Waals surface area contributed by atoms with Gasteiger partial charge in [0, 0.05) is 11.5 Å². The molecule has 0 amide bonds. The predicted octanol–water partition coefficient (Wildman–Crippen LogP) is 4.39. The molecule has 2 aromatic rings. The fourth-order valence-electron chi connectivity index (χ4n) is 2.75. The standard InChI is InChI=1S/C17H24N2O2/c1-6-7-11(2)19-14-9-8-12(15(20)21)10-13(14)18-16(19)17(3,4)5/h8-11H,6-7H2,1-5H3,(H,20,21). The molecule has 0 aliphatic heterocycles. The second kappa shape index (κ2) is 5.51. The number of nitrogens with zero attached hydrogens (tertiary/aromatic N) is 2. The molecule has 114 valence electrons. The molecule has 4 heteroatoms. The van der Waals surface area contributed by atoms with Gasteiger partial charge in [0.15, 0.2) is 0 Å². The molecular formula is C17H24N2O2. The molecule has 0 saturated carbocycles. The molecular weight excluding hydrogens is 264 g/mol. The van der Waals surface area contributed by atoms with E-state index in [9.17, 15) is 4.79 Å². The van der Waals surface area contributed by atoms with Gasteiger partial charge in [0.2, 0.25) is 0 Å². The second-order valence-electron chi connectivity index (χ2n) is 6.70. The van der Waals surface area contributed by atoms with Crippen LogP contribution in [0.2, 0.25) is 0 Å². The van der Waals surface area contributed by atoms with E-state index < -0.39 is 5.97 Å². The molecule has 1 N–H and O–H groups in total. The van der Waals surface area contributed by atoms with Crippen LogP contribution >= 0.6 is 0 Å². The first-order chi connectivity index (χ1) is 9.75. The zero-order valence-electron chi connectivity index (χ0n) is 13.5. The lowest BCUT2D eigenvalue weighted by atomic mass is 9.95. The van der Waals surface area contributed by atoms with Gasteiger partial charge < -0.3 is 9.67 Å². The van der Waals surface area contributed by atoms with Crippen molar-refractivity contribution in [1.29, 1.82) is 0 Å². The quantitative estimate of drug-likeness (QED) is 0.907. The van der Waals surface area contributed by atoms with Crippen molar-refractivity contribution in [2.45, 2.75) is 58.9 Å². The Balaban J connectivity index is 2.69. The average Bonchev–Trinajstić information content (AvgIpc) is 2.77. The number of fused-ring (bicyclic) bond motifs is 1. The maximum atomic E-state index is 11.1. The lowest BCUT2D eigenvalue weighted by Crippen LogP contribution is -2.21. The molecule has 21 heavy (non-hydrogen) atoms. The van der Waals surface area contributed by atoms with Crippen LogP contribution in [-0.4, -0.2) is 20.6 Å². The normalized spacial score (nSPS) is 13.6. The Morgan fingerprint density at radius 1 is 1.38 bits per heavy atom. The molecule has 0 fully saturated rings.